The maximum absolute atomic E-state index is 11.0. The van der Waals surface area contributed by atoms with Crippen molar-refractivity contribution < 1.29 is 4.92 Å². The molecule has 0 aliphatic carbocycles. The van der Waals surface area contributed by atoms with E-state index in [-0.39, 0.29) is 27.2 Å². The van der Waals surface area contributed by atoms with E-state index >= 15 is 0 Å². The molecule has 1 aromatic carbocycles. The van der Waals surface area contributed by atoms with E-state index in [0.29, 0.717) is 5.69 Å². The third-order valence-corrected chi connectivity index (χ3v) is 3.27. The van der Waals surface area contributed by atoms with Crippen molar-refractivity contribution in [3.8, 4) is 0 Å². The molecule has 0 bridgehead atoms. The fourth-order valence-electron chi connectivity index (χ4n) is 1.55. The van der Waals surface area contributed by atoms with Crippen molar-refractivity contribution >= 4 is 41.1 Å². The van der Waals surface area contributed by atoms with Crippen molar-refractivity contribution in [2.75, 3.05) is 5.73 Å². The Balaban J connectivity index is 2.50. The van der Waals surface area contributed by atoms with Gasteiger partial charge in [0.1, 0.15) is 0 Å². The van der Waals surface area contributed by atoms with Crippen molar-refractivity contribution in [3.63, 3.8) is 0 Å². The first-order valence-electron chi connectivity index (χ1n) is 5.38. The number of nitro groups is 1. The number of rotatable bonds is 3. The van der Waals surface area contributed by atoms with Gasteiger partial charge in [-0.05, 0) is 13.0 Å². The van der Waals surface area contributed by atoms with Crippen molar-refractivity contribution in [3.05, 3.63) is 49.7 Å². The Labute approximate surface area is 123 Å². The molecule has 2 N–H and O–H groups in total. The molecule has 2 rings (SSSR count). The van der Waals surface area contributed by atoms with Crippen molar-refractivity contribution in [2.45, 2.75) is 6.92 Å². The Hall–Kier alpha value is -2.12. The summed E-state index contributed by atoms with van der Waals surface area (Å²) < 4.78 is 1.29. The summed E-state index contributed by atoms with van der Waals surface area (Å²) in [6, 6.07) is 2.62. The summed E-state index contributed by atoms with van der Waals surface area (Å²) in [5.41, 5.74) is 6.20. The minimum absolute atomic E-state index is 0.0556. The number of nitrogens with zero attached hydrogens (tertiary/aromatic N) is 4. The molecule has 0 aliphatic rings. The summed E-state index contributed by atoms with van der Waals surface area (Å²) in [5.74, 6) is 0.166. The van der Waals surface area contributed by atoms with Gasteiger partial charge in [0.15, 0.2) is 0 Å². The van der Waals surface area contributed by atoms with E-state index in [4.69, 9.17) is 28.9 Å². The van der Waals surface area contributed by atoms with Crippen LogP contribution in [0.15, 0.2) is 23.4 Å². The number of nitrogen functional groups attached to an aromatic ring is 1. The van der Waals surface area contributed by atoms with E-state index in [1.54, 1.807) is 13.1 Å². The Morgan fingerprint density at radius 3 is 2.75 bits per heavy atom. The first-order valence-corrected chi connectivity index (χ1v) is 6.14. The fraction of sp³-hybridized carbons (Fsp3) is 0.0909. The van der Waals surface area contributed by atoms with E-state index in [1.807, 2.05) is 0 Å². The number of imidazole rings is 1. The van der Waals surface area contributed by atoms with Crippen molar-refractivity contribution in [1.82, 2.24) is 9.66 Å². The predicted octanol–water partition coefficient (Wildman–Crippen LogP) is 2.87. The smallest absolute Gasteiger partial charge is 0.279 e. The number of benzene rings is 1. The summed E-state index contributed by atoms with van der Waals surface area (Å²) in [4.78, 5) is 14.4. The van der Waals surface area contributed by atoms with E-state index in [9.17, 15) is 10.1 Å². The van der Waals surface area contributed by atoms with Crippen LogP contribution in [0.4, 0.5) is 11.6 Å². The van der Waals surface area contributed by atoms with Gasteiger partial charge < -0.3 is 5.73 Å². The minimum atomic E-state index is -0.563. The standard InChI is InChI=1S/C11H9Cl2N5O2/c1-6-5-17(11(14)16-6)15-4-7-9(18(19)20)3-2-8(12)10(7)13/h2-5H,1H3,(H2,14,16). The highest BCUT2D eigenvalue weighted by molar-refractivity contribution is 6.43. The van der Waals surface area contributed by atoms with Gasteiger partial charge in [0.05, 0.1) is 38.6 Å². The normalized spacial score (nSPS) is 11.2. The van der Waals surface area contributed by atoms with Crippen LogP contribution in [0, 0.1) is 17.0 Å². The van der Waals surface area contributed by atoms with E-state index in [1.165, 1.54) is 23.0 Å². The highest BCUT2D eigenvalue weighted by Crippen LogP contribution is 2.31. The molecule has 1 aromatic heterocycles. The lowest BCUT2D eigenvalue weighted by Gasteiger charge is -2.02. The maximum atomic E-state index is 11.0. The number of hydrogen-bond donors (Lipinski definition) is 1. The Kier molecular flexibility index (Phi) is 3.91. The summed E-state index contributed by atoms with van der Waals surface area (Å²) in [6.07, 6.45) is 2.81. The lowest BCUT2D eigenvalue weighted by Crippen LogP contribution is -2.00. The van der Waals surface area contributed by atoms with Crippen LogP contribution in [0.25, 0.3) is 0 Å². The zero-order valence-corrected chi connectivity index (χ0v) is 11.8. The van der Waals surface area contributed by atoms with Crippen LogP contribution in [-0.2, 0) is 0 Å². The SMILES string of the molecule is Cc1cn(N=Cc2c([N+](=O)[O-])ccc(Cl)c2Cl)c(N)n1. The van der Waals surface area contributed by atoms with Gasteiger partial charge in [-0.1, -0.05) is 23.2 Å². The Bertz CT molecular complexity index is 711. The second-order valence-corrected chi connectivity index (χ2v) is 4.67. The lowest BCUT2D eigenvalue weighted by molar-refractivity contribution is -0.385. The zero-order chi connectivity index (χ0) is 14.9. The molecule has 0 spiro atoms. The van der Waals surface area contributed by atoms with E-state index in [0.717, 1.165) is 0 Å². The summed E-state index contributed by atoms with van der Waals surface area (Å²) in [5, 5.41) is 15.2. The quantitative estimate of drug-likeness (QED) is 0.535. The molecule has 0 saturated carbocycles. The van der Waals surface area contributed by atoms with Gasteiger partial charge in [0.25, 0.3) is 5.69 Å². The van der Waals surface area contributed by atoms with Crippen LogP contribution in [0.5, 0.6) is 0 Å². The van der Waals surface area contributed by atoms with Gasteiger partial charge >= 0.3 is 0 Å². The lowest BCUT2D eigenvalue weighted by atomic mass is 10.2. The number of aryl methyl sites for hydroxylation is 1. The number of anilines is 1. The molecule has 0 saturated heterocycles. The third-order valence-electron chi connectivity index (χ3n) is 2.45. The van der Waals surface area contributed by atoms with Gasteiger partial charge in [0.2, 0.25) is 5.95 Å². The summed E-state index contributed by atoms with van der Waals surface area (Å²) >= 11 is 11.8. The average molecular weight is 314 g/mol. The Morgan fingerprint density at radius 1 is 1.50 bits per heavy atom. The van der Waals surface area contributed by atoms with Crippen LogP contribution in [0.2, 0.25) is 10.0 Å². The van der Waals surface area contributed by atoms with Crippen LogP contribution in [-0.4, -0.2) is 20.8 Å². The van der Waals surface area contributed by atoms with Gasteiger partial charge in [-0.15, -0.1) is 0 Å². The molecule has 0 amide bonds. The van der Waals surface area contributed by atoms with E-state index < -0.39 is 4.92 Å². The molecule has 9 heteroatoms. The number of halogens is 2. The molecule has 0 radical (unpaired) electrons. The van der Waals surface area contributed by atoms with Crippen molar-refractivity contribution in [2.24, 2.45) is 5.10 Å². The maximum Gasteiger partial charge on any atom is 0.279 e. The van der Waals surface area contributed by atoms with Gasteiger partial charge in [0, 0.05) is 6.07 Å². The number of hydrogen-bond acceptors (Lipinski definition) is 5. The average Bonchev–Trinajstić information content (AvgIpc) is 2.69. The molecule has 0 unspecified atom stereocenters. The number of aromatic nitrogens is 2. The minimum Gasteiger partial charge on any atom is -0.368 e. The van der Waals surface area contributed by atoms with Crippen LogP contribution >= 0.6 is 23.2 Å². The van der Waals surface area contributed by atoms with Gasteiger partial charge in [-0.25, -0.2) is 9.66 Å². The molecule has 104 valence electrons. The molecule has 0 atom stereocenters. The third kappa shape index (κ3) is 2.73. The second kappa shape index (κ2) is 5.48. The van der Waals surface area contributed by atoms with Crippen molar-refractivity contribution in [1.29, 1.82) is 0 Å². The fourth-order valence-corrected chi connectivity index (χ4v) is 1.93. The van der Waals surface area contributed by atoms with Gasteiger partial charge in [-0.3, -0.25) is 10.1 Å². The molecular formula is C11H9Cl2N5O2. The molecule has 20 heavy (non-hydrogen) atoms. The summed E-state index contributed by atoms with van der Waals surface area (Å²) in [7, 11) is 0. The second-order valence-electron chi connectivity index (χ2n) is 3.88. The van der Waals surface area contributed by atoms with Crippen LogP contribution < -0.4 is 5.73 Å². The zero-order valence-electron chi connectivity index (χ0n) is 10.2. The topological polar surface area (TPSA) is 99.3 Å². The molecule has 2 aromatic rings. The molecule has 1 heterocycles. The first-order chi connectivity index (χ1) is 9.40. The number of nitro benzene ring substituents is 1. The number of nitrogens with two attached hydrogens (primary N) is 1. The van der Waals surface area contributed by atoms with Gasteiger partial charge in [-0.2, -0.15) is 5.10 Å². The first kappa shape index (κ1) is 14.3. The monoisotopic (exact) mass is 313 g/mol. The highest BCUT2D eigenvalue weighted by Gasteiger charge is 2.18. The predicted molar refractivity (Wildman–Crippen MR) is 77.5 cm³/mol. The largest absolute Gasteiger partial charge is 0.368 e. The summed E-state index contributed by atoms with van der Waals surface area (Å²) in [6.45, 7) is 1.75. The molecule has 0 fully saturated rings. The molecular weight excluding hydrogens is 305 g/mol. The van der Waals surface area contributed by atoms with Crippen LogP contribution in [0.3, 0.4) is 0 Å². The highest BCUT2D eigenvalue weighted by atomic mass is 35.5. The molecule has 0 aliphatic heterocycles. The molecule has 7 nitrogen and oxygen atoms in total. The van der Waals surface area contributed by atoms with Crippen LogP contribution in [0.1, 0.15) is 11.3 Å². The Morgan fingerprint density at radius 2 is 2.20 bits per heavy atom. The van der Waals surface area contributed by atoms with E-state index in [2.05, 4.69) is 10.1 Å².